The maximum Gasteiger partial charge on any atom is 0.142 e. The van der Waals surface area contributed by atoms with E-state index in [2.05, 4.69) is 17.0 Å². The lowest BCUT2D eigenvalue weighted by atomic mass is 10.2. The Morgan fingerprint density at radius 1 is 1.06 bits per heavy atom. The molecule has 3 heteroatoms. The van der Waals surface area contributed by atoms with E-state index in [0.717, 1.165) is 42.4 Å². The molecule has 0 bridgehead atoms. The largest absolute Gasteiger partial charge is 0.491 e. The first-order valence-electron chi connectivity index (χ1n) is 6.19. The van der Waals surface area contributed by atoms with Crippen LogP contribution in [0.4, 0.5) is 17.1 Å². The Morgan fingerprint density at radius 3 is 2.83 bits per heavy atom. The van der Waals surface area contributed by atoms with E-state index < -0.39 is 0 Å². The molecule has 0 saturated carbocycles. The maximum atomic E-state index is 5.87. The number of nitrogen functional groups attached to an aromatic ring is 1. The molecular weight excluding hydrogens is 224 g/mol. The molecule has 0 fully saturated rings. The van der Waals surface area contributed by atoms with Crippen molar-refractivity contribution in [2.45, 2.75) is 6.42 Å². The number of nitrogens with zero attached hydrogens (tertiary/aromatic N) is 1. The van der Waals surface area contributed by atoms with Gasteiger partial charge < -0.3 is 15.4 Å². The Balaban J connectivity index is 2.06. The van der Waals surface area contributed by atoms with Gasteiger partial charge in [-0.3, -0.25) is 0 Å². The van der Waals surface area contributed by atoms with Gasteiger partial charge in [-0.15, -0.1) is 0 Å². The minimum atomic E-state index is 0.760. The summed E-state index contributed by atoms with van der Waals surface area (Å²) >= 11 is 0. The second-order valence-corrected chi connectivity index (χ2v) is 4.42. The van der Waals surface area contributed by atoms with Crippen LogP contribution in [0, 0.1) is 0 Å². The standard InChI is InChI=1S/C15H16N2O/c16-12-5-3-6-13(11-12)17-9-4-10-18-15-8-2-1-7-14(15)17/h1-3,5-8,11H,4,9-10,16H2. The summed E-state index contributed by atoms with van der Waals surface area (Å²) in [7, 11) is 0. The minimum Gasteiger partial charge on any atom is -0.491 e. The van der Waals surface area contributed by atoms with Crippen molar-refractivity contribution in [3.8, 4) is 5.75 Å². The molecule has 1 aliphatic rings. The zero-order valence-corrected chi connectivity index (χ0v) is 10.2. The quantitative estimate of drug-likeness (QED) is 0.778. The lowest BCUT2D eigenvalue weighted by molar-refractivity contribution is 0.322. The van der Waals surface area contributed by atoms with Crippen LogP contribution in [-0.2, 0) is 0 Å². The molecule has 18 heavy (non-hydrogen) atoms. The van der Waals surface area contributed by atoms with E-state index in [1.165, 1.54) is 0 Å². The molecule has 0 aromatic heterocycles. The number of ether oxygens (including phenoxy) is 1. The zero-order valence-electron chi connectivity index (χ0n) is 10.2. The van der Waals surface area contributed by atoms with Crippen LogP contribution in [0.25, 0.3) is 0 Å². The summed E-state index contributed by atoms with van der Waals surface area (Å²) in [6.07, 6.45) is 1.00. The van der Waals surface area contributed by atoms with Gasteiger partial charge >= 0.3 is 0 Å². The fraction of sp³-hybridized carbons (Fsp3) is 0.200. The Morgan fingerprint density at radius 2 is 1.94 bits per heavy atom. The average Bonchev–Trinajstić information content (AvgIpc) is 2.61. The second kappa shape index (κ2) is 4.61. The van der Waals surface area contributed by atoms with Crippen molar-refractivity contribution >= 4 is 17.1 Å². The third kappa shape index (κ3) is 1.99. The summed E-state index contributed by atoms with van der Waals surface area (Å²) in [5.41, 5.74) is 8.88. The van der Waals surface area contributed by atoms with Crippen LogP contribution >= 0.6 is 0 Å². The van der Waals surface area contributed by atoms with Gasteiger partial charge in [-0.25, -0.2) is 0 Å². The van der Waals surface area contributed by atoms with Gasteiger partial charge in [0.05, 0.1) is 12.3 Å². The van der Waals surface area contributed by atoms with Gasteiger partial charge in [-0.1, -0.05) is 18.2 Å². The molecule has 0 spiro atoms. The van der Waals surface area contributed by atoms with Gasteiger partial charge in [0.15, 0.2) is 0 Å². The third-order valence-electron chi connectivity index (χ3n) is 3.12. The highest BCUT2D eigenvalue weighted by molar-refractivity contribution is 5.71. The first kappa shape index (κ1) is 11.0. The fourth-order valence-corrected chi connectivity index (χ4v) is 2.29. The maximum absolute atomic E-state index is 5.87. The average molecular weight is 240 g/mol. The topological polar surface area (TPSA) is 38.5 Å². The molecule has 1 aliphatic heterocycles. The van der Waals surface area contributed by atoms with E-state index in [1.54, 1.807) is 0 Å². The molecule has 0 atom stereocenters. The lowest BCUT2D eigenvalue weighted by Crippen LogP contribution is -2.17. The highest BCUT2D eigenvalue weighted by Crippen LogP contribution is 2.36. The molecule has 92 valence electrons. The number of anilines is 3. The highest BCUT2D eigenvalue weighted by Gasteiger charge is 2.17. The summed E-state index contributed by atoms with van der Waals surface area (Å²) in [5, 5.41) is 0. The predicted octanol–water partition coefficient (Wildman–Crippen LogP) is 3.19. The Kier molecular flexibility index (Phi) is 2.81. The highest BCUT2D eigenvalue weighted by atomic mass is 16.5. The second-order valence-electron chi connectivity index (χ2n) is 4.42. The molecule has 1 heterocycles. The third-order valence-corrected chi connectivity index (χ3v) is 3.12. The summed E-state index contributed by atoms with van der Waals surface area (Å²) in [6.45, 7) is 1.70. The van der Waals surface area contributed by atoms with Gasteiger partial charge in [-0.2, -0.15) is 0 Å². The van der Waals surface area contributed by atoms with Crippen molar-refractivity contribution in [1.29, 1.82) is 0 Å². The first-order valence-corrected chi connectivity index (χ1v) is 6.19. The van der Waals surface area contributed by atoms with E-state index in [4.69, 9.17) is 10.5 Å². The van der Waals surface area contributed by atoms with Gasteiger partial charge in [0.1, 0.15) is 5.75 Å². The Labute approximate surface area is 107 Å². The normalized spacial score (nSPS) is 14.6. The van der Waals surface area contributed by atoms with Gasteiger partial charge in [0.2, 0.25) is 0 Å². The number of nitrogens with two attached hydrogens (primary N) is 1. The summed E-state index contributed by atoms with van der Waals surface area (Å²) < 4.78 is 5.76. The Bertz CT molecular complexity index is 554. The predicted molar refractivity (Wildman–Crippen MR) is 74.4 cm³/mol. The van der Waals surface area contributed by atoms with E-state index in [9.17, 15) is 0 Å². The smallest absolute Gasteiger partial charge is 0.142 e. The molecule has 3 rings (SSSR count). The van der Waals surface area contributed by atoms with Crippen LogP contribution in [-0.4, -0.2) is 13.2 Å². The molecule has 2 N–H and O–H groups in total. The van der Waals surface area contributed by atoms with Crippen LogP contribution in [0.1, 0.15) is 6.42 Å². The molecule has 0 aliphatic carbocycles. The fourth-order valence-electron chi connectivity index (χ4n) is 2.29. The number of hydrogen-bond acceptors (Lipinski definition) is 3. The van der Waals surface area contributed by atoms with E-state index in [0.29, 0.717) is 0 Å². The molecule has 3 nitrogen and oxygen atoms in total. The van der Waals surface area contributed by atoms with Gasteiger partial charge in [0.25, 0.3) is 0 Å². The molecule has 0 amide bonds. The summed E-state index contributed by atoms with van der Waals surface area (Å²) in [6, 6.07) is 16.1. The zero-order chi connectivity index (χ0) is 12.4. The molecule has 2 aromatic carbocycles. The van der Waals surface area contributed by atoms with Crippen molar-refractivity contribution in [3.05, 3.63) is 48.5 Å². The SMILES string of the molecule is Nc1cccc(N2CCCOc3ccccc32)c1. The van der Waals surface area contributed by atoms with Crippen molar-refractivity contribution in [2.75, 3.05) is 23.8 Å². The minimum absolute atomic E-state index is 0.760. The molecule has 0 saturated heterocycles. The van der Waals surface area contributed by atoms with E-state index >= 15 is 0 Å². The first-order chi connectivity index (χ1) is 8.84. The van der Waals surface area contributed by atoms with Crippen LogP contribution in [0.15, 0.2) is 48.5 Å². The van der Waals surface area contributed by atoms with Crippen molar-refractivity contribution < 1.29 is 4.74 Å². The van der Waals surface area contributed by atoms with Gasteiger partial charge in [0, 0.05) is 17.9 Å². The van der Waals surface area contributed by atoms with Crippen LogP contribution in [0.2, 0.25) is 0 Å². The van der Waals surface area contributed by atoms with E-state index in [1.807, 2.05) is 36.4 Å². The van der Waals surface area contributed by atoms with Crippen LogP contribution in [0.3, 0.4) is 0 Å². The Hall–Kier alpha value is -2.16. The number of benzene rings is 2. The molecule has 2 aromatic rings. The molecule has 0 radical (unpaired) electrons. The molecular formula is C15H16N2O. The van der Waals surface area contributed by atoms with Crippen LogP contribution < -0.4 is 15.4 Å². The van der Waals surface area contributed by atoms with Crippen molar-refractivity contribution in [3.63, 3.8) is 0 Å². The monoisotopic (exact) mass is 240 g/mol. The number of rotatable bonds is 1. The van der Waals surface area contributed by atoms with Gasteiger partial charge in [-0.05, 0) is 36.8 Å². The molecule has 0 unspecified atom stereocenters. The van der Waals surface area contributed by atoms with Crippen LogP contribution in [0.5, 0.6) is 5.75 Å². The van der Waals surface area contributed by atoms with E-state index in [-0.39, 0.29) is 0 Å². The lowest BCUT2D eigenvalue weighted by Gasteiger charge is -2.24. The summed E-state index contributed by atoms with van der Waals surface area (Å²) in [4.78, 5) is 2.26. The number of hydrogen-bond donors (Lipinski definition) is 1. The van der Waals surface area contributed by atoms with Crippen molar-refractivity contribution in [1.82, 2.24) is 0 Å². The van der Waals surface area contributed by atoms with Crippen molar-refractivity contribution in [2.24, 2.45) is 0 Å². The number of para-hydroxylation sites is 2. The summed E-state index contributed by atoms with van der Waals surface area (Å²) in [5.74, 6) is 0.942. The number of fused-ring (bicyclic) bond motifs is 1.